The van der Waals surface area contributed by atoms with Gasteiger partial charge in [-0.25, -0.2) is 4.52 Å². The van der Waals surface area contributed by atoms with E-state index in [-0.39, 0.29) is 17.5 Å². The standard InChI is InChI=1S/C18H21N7O3/c1-27-13-4-7-21-10-12(13)22-18(26)15-16(19)24-25-8-5-14(23-17(15)25)28-11-3-2-6-20-9-11/h4-5,7-8,10-11,20H,2-3,6,9H2,1H3,(H2,19,24)(H,22,26). The minimum atomic E-state index is -0.456. The number of nitrogen functional groups attached to an aromatic ring is 1. The molecule has 1 aliphatic rings. The lowest BCUT2D eigenvalue weighted by atomic mass is 10.1. The summed E-state index contributed by atoms with van der Waals surface area (Å²) >= 11 is 0. The van der Waals surface area contributed by atoms with E-state index in [1.54, 1.807) is 24.5 Å². The second-order valence-electron chi connectivity index (χ2n) is 6.41. The molecule has 3 aromatic heterocycles. The number of nitrogens with two attached hydrogens (primary N) is 1. The van der Waals surface area contributed by atoms with E-state index in [1.807, 2.05) is 0 Å². The highest BCUT2D eigenvalue weighted by molar-refractivity contribution is 6.12. The highest BCUT2D eigenvalue weighted by Crippen LogP contribution is 2.25. The van der Waals surface area contributed by atoms with Gasteiger partial charge in [0.1, 0.15) is 23.1 Å². The van der Waals surface area contributed by atoms with Gasteiger partial charge in [-0.1, -0.05) is 0 Å². The number of rotatable bonds is 5. The lowest BCUT2D eigenvalue weighted by Crippen LogP contribution is -2.37. The van der Waals surface area contributed by atoms with Gasteiger partial charge in [0, 0.05) is 31.1 Å². The fourth-order valence-corrected chi connectivity index (χ4v) is 3.14. The number of amides is 1. The van der Waals surface area contributed by atoms with Gasteiger partial charge in [-0.2, -0.15) is 4.98 Å². The molecule has 0 radical (unpaired) electrons. The Morgan fingerprint density at radius 1 is 1.43 bits per heavy atom. The van der Waals surface area contributed by atoms with Crippen LogP contribution >= 0.6 is 0 Å². The van der Waals surface area contributed by atoms with Gasteiger partial charge in [-0.05, 0) is 19.4 Å². The number of carbonyl (C=O) groups is 1. The van der Waals surface area contributed by atoms with Crippen molar-refractivity contribution in [1.29, 1.82) is 0 Å². The van der Waals surface area contributed by atoms with E-state index >= 15 is 0 Å². The van der Waals surface area contributed by atoms with Crippen LogP contribution in [0.25, 0.3) is 5.65 Å². The van der Waals surface area contributed by atoms with E-state index in [0.29, 0.717) is 23.0 Å². The van der Waals surface area contributed by atoms with Gasteiger partial charge >= 0.3 is 0 Å². The number of nitrogens with zero attached hydrogens (tertiary/aromatic N) is 4. The highest BCUT2D eigenvalue weighted by Gasteiger charge is 2.22. The second-order valence-corrected chi connectivity index (χ2v) is 6.41. The predicted molar refractivity (Wildman–Crippen MR) is 103 cm³/mol. The molecule has 0 aromatic carbocycles. The summed E-state index contributed by atoms with van der Waals surface area (Å²) in [7, 11) is 1.51. The summed E-state index contributed by atoms with van der Waals surface area (Å²) in [5, 5.41) is 10.2. The summed E-state index contributed by atoms with van der Waals surface area (Å²) in [5.41, 5.74) is 6.89. The minimum absolute atomic E-state index is 0.0425. The van der Waals surface area contributed by atoms with Gasteiger partial charge in [0.2, 0.25) is 5.88 Å². The molecule has 1 atom stereocenters. The SMILES string of the molecule is COc1ccncc1NC(=O)c1c(N)nn2ccc(OC3CCCNC3)nc12. The molecule has 4 heterocycles. The van der Waals surface area contributed by atoms with Crippen molar-refractivity contribution in [3.8, 4) is 11.6 Å². The van der Waals surface area contributed by atoms with E-state index in [9.17, 15) is 4.79 Å². The van der Waals surface area contributed by atoms with Gasteiger partial charge in [0.05, 0.1) is 13.3 Å². The molecule has 0 aliphatic carbocycles. The Morgan fingerprint density at radius 2 is 2.32 bits per heavy atom. The highest BCUT2D eigenvalue weighted by atomic mass is 16.5. The first kappa shape index (κ1) is 18.0. The molecule has 146 valence electrons. The van der Waals surface area contributed by atoms with Crippen LogP contribution in [-0.2, 0) is 0 Å². The number of nitrogens with one attached hydrogen (secondary N) is 2. The van der Waals surface area contributed by atoms with Crippen molar-refractivity contribution >= 4 is 23.1 Å². The number of piperidine rings is 1. The summed E-state index contributed by atoms with van der Waals surface area (Å²) in [5.74, 6) is 0.529. The maximum Gasteiger partial charge on any atom is 0.263 e. The van der Waals surface area contributed by atoms with Crippen molar-refractivity contribution in [3.05, 3.63) is 36.3 Å². The Labute approximate surface area is 161 Å². The quantitative estimate of drug-likeness (QED) is 0.597. The lowest BCUT2D eigenvalue weighted by Gasteiger charge is -2.23. The number of hydrogen-bond acceptors (Lipinski definition) is 8. The molecule has 1 unspecified atom stereocenters. The molecule has 28 heavy (non-hydrogen) atoms. The predicted octanol–water partition coefficient (Wildman–Crippen LogP) is 1.10. The molecular weight excluding hydrogens is 362 g/mol. The van der Waals surface area contributed by atoms with Gasteiger partial charge in [-0.3, -0.25) is 9.78 Å². The van der Waals surface area contributed by atoms with E-state index in [1.165, 1.54) is 17.8 Å². The van der Waals surface area contributed by atoms with Crippen LogP contribution in [-0.4, -0.2) is 51.8 Å². The molecule has 1 saturated heterocycles. The number of carbonyl (C=O) groups excluding carboxylic acids is 1. The average molecular weight is 383 g/mol. The molecule has 4 N–H and O–H groups in total. The van der Waals surface area contributed by atoms with Crippen molar-refractivity contribution in [3.63, 3.8) is 0 Å². The van der Waals surface area contributed by atoms with Crippen LogP contribution in [0.5, 0.6) is 11.6 Å². The molecule has 0 saturated carbocycles. The maximum absolute atomic E-state index is 12.9. The number of ether oxygens (including phenoxy) is 2. The molecule has 1 amide bonds. The van der Waals surface area contributed by atoms with Crippen LogP contribution in [0, 0.1) is 0 Å². The molecule has 0 spiro atoms. The Bertz CT molecular complexity index is 998. The number of aromatic nitrogens is 4. The molecule has 10 nitrogen and oxygen atoms in total. The molecule has 1 fully saturated rings. The van der Waals surface area contributed by atoms with Crippen LogP contribution in [0.2, 0.25) is 0 Å². The first-order chi connectivity index (χ1) is 13.7. The van der Waals surface area contributed by atoms with E-state index in [0.717, 1.165) is 25.9 Å². The van der Waals surface area contributed by atoms with Gasteiger partial charge < -0.3 is 25.8 Å². The largest absolute Gasteiger partial charge is 0.494 e. The van der Waals surface area contributed by atoms with Gasteiger partial charge in [-0.15, -0.1) is 5.10 Å². The van der Waals surface area contributed by atoms with Crippen LogP contribution in [0.1, 0.15) is 23.2 Å². The number of anilines is 2. The van der Waals surface area contributed by atoms with Gasteiger partial charge in [0.15, 0.2) is 11.5 Å². The summed E-state index contributed by atoms with van der Waals surface area (Å²) < 4.78 is 12.6. The fourth-order valence-electron chi connectivity index (χ4n) is 3.14. The summed E-state index contributed by atoms with van der Waals surface area (Å²) in [6.45, 7) is 1.76. The number of fused-ring (bicyclic) bond motifs is 1. The van der Waals surface area contributed by atoms with Crippen molar-refractivity contribution in [2.75, 3.05) is 31.2 Å². The van der Waals surface area contributed by atoms with Crippen molar-refractivity contribution in [2.45, 2.75) is 18.9 Å². The van der Waals surface area contributed by atoms with Crippen molar-refractivity contribution in [2.24, 2.45) is 0 Å². The Morgan fingerprint density at radius 3 is 3.11 bits per heavy atom. The van der Waals surface area contributed by atoms with E-state index in [2.05, 4.69) is 25.7 Å². The smallest absolute Gasteiger partial charge is 0.263 e. The topological polar surface area (TPSA) is 129 Å². The Hall–Kier alpha value is -3.40. The number of hydrogen-bond donors (Lipinski definition) is 3. The summed E-state index contributed by atoms with van der Waals surface area (Å²) in [4.78, 5) is 21.3. The zero-order valence-electron chi connectivity index (χ0n) is 15.4. The van der Waals surface area contributed by atoms with Crippen LogP contribution in [0.3, 0.4) is 0 Å². The van der Waals surface area contributed by atoms with E-state index < -0.39 is 5.91 Å². The first-order valence-electron chi connectivity index (χ1n) is 8.97. The number of pyridine rings is 1. The van der Waals surface area contributed by atoms with Crippen molar-refractivity contribution < 1.29 is 14.3 Å². The van der Waals surface area contributed by atoms with Crippen LogP contribution in [0.4, 0.5) is 11.5 Å². The summed E-state index contributed by atoms with van der Waals surface area (Å²) in [6, 6.07) is 3.36. The monoisotopic (exact) mass is 383 g/mol. The Balaban J connectivity index is 1.62. The minimum Gasteiger partial charge on any atom is -0.494 e. The normalized spacial score (nSPS) is 16.7. The van der Waals surface area contributed by atoms with Gasteiger partial charge in [0.25, 0.3) is 5.91 Å². The first-order valence-corrected chi connectivity index (χ1v) is 8.97. The molecule has 1 aliphatic heterocycles. The third kappa shape index (κ3) is 3.54. The van der Waals surface area contributed by atoms with Crippen molar-refractivity contribution in [1.82, 2.24) is 24.9 Å². The fraction of sp³-hybridized carbons (Fsp3) is 0.333. The maximum atomic E-state index is 12.9. The van der Waals surface area contributed by atoms with E-state index in [4.69, 9.17) is 15.2 Å². The molecular formula is C18H21N7O3. The Kier molecular flexibility index (Phi) is 4.94. The zero-order valence-corrected chi connectivity index (χ0v) is 15.4. The van der Waals surface area contributed by atoms with Crippen LogP contribution < -0.4 is 25.8 Å². The molecule has 4 rings (SSSR count). The number of methoxy groups -OCH3 is 1. The third-order valence-electron chi connectivity index (χ3n) is 4.50. The molecule has 10 heteroatoms. The molecule has 0 bridgehead atoms. The molecule has 3 aromatic rings. The average Bonchev–Trinajstić information content (AvgIpc) is 3.04. The summed E-state index contributed by atoms with van der Waals surface area (Å²) in [6.07, 6.45) is 6.79. The third-order valence-corrected chi connectivity index (χ3v) is 4.50. The zero-order chi connectivity index (χ0) is 19.5. The second kappa shape index (κ2) is 7.69. The van der Waals surface area contributed by atoms with Crippen LogP contribution in [0.15, 0.2) is 30.7 Å². The lowest BCUT2D eigenvalue weighted by molar-refractivity contribution is 0.102.